The van der Waals surface area contributed by atoms with Gasteiger partial charge in [-0.25, -0.2) is 0 Å². The van der Waals surface area contributed by atoms with Crippen LogP contribution in [-0.4, -0.2) is 4.57 Å². The van der Waals surface area contributed by atoms with Gasteiger partial charge in [-0.05, 0) is 126 Å². The molecule has 1 spiro atoms. The van der Waals surface area contributed by atoms with E-state index in [9.17, 15) is 0 Å². The van der Waals surface area contributed by atoms with Crippen LogP contribution in [0.2, 0.25) is 0 Å². The summed E-state index contributed by atoms with van der Waals surface area (Å²) in [4.78, 5) is 2.44. The lowest BCUT2D eigenvalue weighted by atomic mass is 9.69. The van der Waals surface area contributed by atoms with Gasteiger partial charge < -0.3 is 18.3 Å². The van der Waals surface area contributed by atoms with E-state index in [0.29, 0.717) is 0 Å². The lowest BCUT2D eigenvalue weighted by Gasteiger charge is -2.36. The number of anilines is 3. The SMILES string of the molecule is Cc1ccc2c(c1)c1cc(C)cc3c1n2-c1ccc(-c2ccc(N(c4ccc5c(c4)C(C)(C)c4ccccc4-5)c4ccccc4-c4ccccc4)cc2)cc1C31c2occc2-c2ccoc21. The van der Waals surface area contributed by atoms with Crippen molar-refractivity contribution >= 4 is 38.9 Å². The molecule has 0 bridgehead atoms. The molecular formula is C62H44N2O2. The Bertz CT molecular complexity index is 3780. The summed E-state index contributed by atoms with van der Waals surface area (Å²) in [5, 5.41) is 2.50. The minimum Gasteiger partial charge on any atom is -0.467 e. The van der Waals surface area contributed by atoms with Crippen molar-refractivity contribution in [2.24, 2.45) is 0 Å². The van der Waals surface area contributed by atoms with Crippen LogP contribution < -0.4 is 4.90 Å². The van der Waals surface area contributed by atoms with Crippen molar-refractivity contribution in [3.05, 3.63) is 239 Å². The standard InChI is InChI=1S/C62H44N2O2/c1-37-18-26-56-49(32-37)50-33-38(2)34-54-58(50)64(56)57-27-21-41(35-53(57)62(54)59-47(28-30-65-59)48-29-31-66-60(48)62)39-19-22-42(23-20-39)63(55-17-11-9-14-44(55)40-12-6-5-7-13-40)43-24-25-46-45-15-8-10-16-51(45)61(3,4)52(46)36-43/h5-36H,1-4H3. The van der Waals surface area contributed by atoms with Gasteiger partial charge in [0.25, 0.3) is 0 Å². The molecule has 0 radical (unpaired) electrons. The third-order valence-corrected chi connectivity index (χ3v) is 15.0. The van der Waals surface area contributed by atoms with E-state index < -0.39 is 5.41 Å². The zero-order chi connectivity index (χ0) is 44.1. The van der Waals surface area contributed by atoms with E-state index in [-0.39, 0.29) is 5.41 Å². The fourth-order valence-corrected chi connectivity index (χ4v) is 12.1. The summed E-state index contributed by atoms with van der Waals surface area (Å²) < 4.78 is 15.8. The van der Waals surface area contributed by atoms with Crippen molar-refractivity contribution in [1.29, 1.82) is 0 Å². The smallest absolute Gasteiger partial charge is 0.141 e. The van der Waals surface area contributed by atoms with Gasteiger partial charge in [0, 0.05) is 55.4 Å². The predicted octanol–water partition coefficient (Wildman–Crippen LogP) is 16.4. The van der Waals surface area contributed by atoms with Crippen LogP contribution in [0, 0.1) is 13.8 Å². The summed E-state index contributed by atoms with van der Waals surface area (Å²) in [6.45, 7) is 9.10. The number of rotatable bonds is 5. The normalized spacial score (nSPS) is 14.3. The van der Waals surface area contributed by atoms with E-state index in [4.69, 9.17) is 8.83 Å². The number of hydrogen-bond donors (Lipinski definition) is 0. The Balaban J connectivity index is 0.964. The molecular weight excluding hydrogens is 805 g/mol. The van der Waals surface area contributed by atoms with Crippen molar-refractivity contribution in [2.75, 3.05) is 4.90 Å². The van der Waals surface area contributed by atoms with Gasteiger partial charge in [0.2, 0.25) is 0 Å². The molecule has 0 N–H and O–H groups in total. The van der Waals surface area contributed by atoms with Crippen LogP contribution in [0.15, 0.2) is 203 Å². The molecule has 11 aromatic rings. The third-order valence-electron chi connectivity index (χ3n) is 15.0. The van der Waals surface area contributed by atoms with Crippen molar-refractivity contribution in [2.45, 2.75) is 38.5 Å². The minimum atomic E-state index is -0.786. The summed E-state index contributed by atoms with van der Waals surface area (Å²) >= 11 is 0. The molecule has 0 atom stereocenters. The molecule has 14 rings (SSSR count). The summed E-state index contributed by atoms with van der Waals surface area (Å²) in [6.07, 6.45) is 3.68. The van der Waals surface area contributed by atoms with Crippen molar-refractivity contribution < 1.29 is 8.83 Å². The van der Waals surface area contributed by atoms with Crippen LogP contribution in [0.25, 0.3) is 72.0 Å². The molecule has 0 saturated heterocycles. The van der Waals surface area contributed by atoms with Gasteiger partial charge >= 0.3 is 0 Å². The van der Waals surface area contributed by atoms with E-state index in [1.807, 2.05) is 12.5 Å². The lowest BCUT2D eigenvalue weighted by Crippen LogP contribution is -2.33. The zero-order valence-corrected chi connectivity index (χ0v) is 37.2. The third kappa shape index (κ3) is 4.83. The molecule has 4 heterocycles. The molecule has 1 aliphatic heterocycles. The van der Waals surface area contributed by atoms with E-state index in [1.165, 1.54) is 71.9 Å². The van der Waals surface area contributed by atoms with E-state index >= 15 is 0 Å². The number of benzene rings is 8. The molecule has 0 fully saturated rings. The van der Waals surface area contributed by atoms with Crippen LogP contribution in [0.1, 0.15) is 58.7 Å². The Morgan fingerprint density at radius 3 is 1.89 bits per heavy atom. The highest BCUT2D eigenvalue weighted by atomic mass is 16.4. The first-order valence-corrected chi connectivity index (χ1v) is 23.0. The Labute approximate surface area is 383 Å². The maximum Gasteiger partial charge on any atom is 0.141 e. The maximum atomic E-state index is 6.64. The second kappa shape index (κ2) is 13.2. The van der Waals surface area contributed by atoms with Gasteiger partial charge in [0.1, 0.15) is 16.9 Å². The minimum absolute atomic E-state index is 0.136. The maximum absolute atomic E-state index is 6.64. The largest absolute Gasteiger partial charge is 0.467 e. The number of para-hydroxylation sites is 1. The number of hydrogen-bond acceptors (Lipinski definition) is 3. The van der Waals surface area contributed by atoms with Gasteiger partial charge in [-0.15, -0.1) is 0 Å². The predicted molar refractivity (Wildman–Crippen MR) is 269 cm³/mol. The molecule has 66 heavy (non-hydrogen) atoms. The first-order valence-electron chi connectivity index (χ1n) is 23.0. The Morgan fingerprint density at radius 1 is 0.439 bits per heavy atom. The summed E-state index contributed by atoms with van der Waals surface area (Å²) in [6, 6.07) is 67.3. The Hall–Kier alpha value is -8.08. The summed E-state index contributed by atoms with van der Waals surface area (Å²) in [5.74, 6) is 1.83. The van der Waals surface area contributed by atoms with E-state index in [1.54, 1.807) is 0 Å². The molecule has 4 heteroatoms. The molecule has 0 amide bonds. The molecule has 8 aromatic carbocycles. The monoisotopic (exact) mass is 848 g/mol. The Morgan fingerprint density at radius 2 is 1.11 bits per heavy atom. The summed E-state index contributed by atoms with van der Waals surface area (Å²) in [7, 11) is 0. The quantitative estimate of drug-likeness (QED) is 0.173. The fourth-order valence-electron chi connectivity index (χ4n) is 12.1. The van der Waals surface area contributed by atoms with Gasteiger partial charge in [-0.2, -0.15) is 0 Å². The average Bonchev–Trinajstić information content (AvgIpc) is 4.17. The van der Waals surface area contributed by atoms with Crippen molar-refractivity contribution in [3.63, 3.8) is 0 Å². The first-order chi connectivity index (χ1) is 32.3. The fraction of sp³-hybridized carbons (Fsp3) is 0.0968. The molecule has 3 aliphatic rings. The number of nitrogens with zero attached hydrogens (tertiary/aromatic N) is 2. The van der Waals surface area contributed by atoms with Gasteiger partial charge in [-0.1, -0.05) is 134 Å². The highest BCUT2D eigenvalue weighted by Crippen LogP contribution is 2.62. The van der Waals surface area contributed by atoms with Crippen LogP contribution >= 0.6 is 0 Å². The van der Waals surface area contributed by atoms with Gasteiger partial charge in [0.15, 0.2) is 0 Å². The second-order valence-electron chi connectivity index (χ2n) is 19.0. The molecule has 0 unspecified atom stereocenters. The number of aromatic nitrogens is 1. The van der Waals surface area contributed by atoms with E-state index in [0.717, 1.165) is 62.1 Å². The molecule has 2 aliphatic carbocycles. The topological polar surface area (TPSA) is 34.5 Å². The highest BCUT2D eigenvalue weighted by molar-refractivity contribution is 6.13. The highest BCUT2D eigenvalue weighted by Gasteiger charge is 2.56. The van der Waals surface area contributed by atoms with Crippen LogP contribution in [-0.2, 0) is 10.8 Å². The second-order valence-corrected chi connectivity index (χ2v) is 19.0. The number of fused-ring (bicyclic) bond motifs is 15. The lowest BCUT2D eigenvalue weighted by molar-refractivity contribution is 0.407. The zero-order valence-electron chi connectivity index (χ0n) is 37.2. The van der Waals surface area contributed by atoms with Crippen LogP contribution in [0.4, 0.5) is 17.1 Å². The van der Waals surface area contributed by atoms with E-state index in [2.05, 4.69) is 219 Å². The molecule has 0 saturated carbocycles. The van der Waals surface area contributed by atoms with Gasteiger partial charge in [0.05, 0.1) is 34.9 Å². The molecule has 3 aromatic heterocycles. The molecule has 314 valence electrons. The van der Waals surface area contributed by atoms with Crippen molar-refractivity contribution in [1.82, 2.24) is 4.57 Å². The van der Waals surface area contributed by atoms with Crippen LogP contribution in [0.3, 0.4) is 0 Å². The first kappa shape index (κ1) is 37.3. The number of furan rings is 2. The summed E-state index contributed by atoms with van der Waals surface area (Å²) in [5.41, 5.74) is 22.8. The average molecular weight is 849 g/mol. The van der Waals surface area contributed by atoms with Crippen LogP contribution in [0.5, 0.6) is 0 Å². The number of aryl methyl sites for hydroxylation is 2. The van der Waals surface area contributed by atoms with Crippen molar-refractivity contribution in [3.8, 4) is 50.2 Å². The Kier molecular flexibility index (Phi) is 7.49. The molecule has 4 nitrogen and oxygen atoms in total. The van der Waals surface area contributed by atoms with Gasteiger partial charge in [-0.3, -0.25) is 0 Å².